The molecule has 0 aromatic heterocycles. The number of carboxylic acid groups (broad SMARTS) is 1. The second kappa shape index (κ2) is 11.7. The molecule has 0 saturated carbocycles. The molecule has 3 aromatic carbocycles. The van der Waals surface area contributed by atoms with Crippen LogP contribution in [0, 0.1) is 0 Å². The van der Waals surface area contributed by atoms with Gasteiger partial charge in [0.15, 0.2) is 18.5 Å². The fourth-order valence-electron chi connectivity index (χ4n) is 3.82. The molecule has 0 aliphatic carbocycles. The lowest BCUT2D eigenvalue weighted by Gasteiger charge is -2.42. The molecule has 8 nitrogen and oxygen atoms in total. The fourth-order valence-corrected chi connectivity index (χ4v) is 3.82. The summed E-state index contributed by atoms with van der Waals surface area (Å²) >= 11 is 0. The predicted octanol–water partition coefficient (Wildman–Crippen LogP) is 3.18. The molecule has 1 aliphatic heterocycles. The number of hydrogen-bond acceptors (Lipinski definition) is 7. The smallest absolute Gasteiger partial charge is 0.338 e. The zero-order valence-electron chi connectivity index (χ0n) is 18.8. The van der Waals surface area contributed by atoms with Gasteiger partial charge in [0.25, 0.3) is 0 Å². The molecule has 4 rings (SSSR count). The van der Waals surface area contributed by atoms with Crippen LogP contribution in [0.15, 0.2) is 91.0 Å². The molecule has 0 unspecified atom stereocenters. The molecule has 182 valence electrons. The molecule has 3 aromatic rings. The van der Waals surface area contributed by atoms with E-state index in [1.54, 1.807) is 30.3 Å². The second-order valence-corrected chi connectivity index (χ2v) is 8.04. The van der Waals surface area contributed by atoms with Gasteiger partial charge in [0, 0.05) is 0 Å². The third-order valence-corrected chi connectivity index (χ3v) is 5.58. The first-order chi connectivity index (χ1) is 17.0. The number of aliphatic hydroxyl groups is 1. The summed E-state index contributed by atoms with van der Waals surface area (Å²) in [7, 11) is 0. The molecule has 8 heteroatoms. The summed E-state index contributed by atoms with van der Waals surface area (Å²) in [6.45, 7) is 0.147. The standard InChI is InChI=1S/C27H26O8/c28-25(29)23-21(32-16-18-10-4-1-5-11-18)22(33-17-19-12-6-2-7-13-19)24(27(31)34-23)35-26(30)20-14-8-3-9-15-20/h1-15,21-24,27,31H,16-17H2,(H,28,29)/t21-,22-,23-,24+,27+/m0/s1. The average Bonchev–Trinajstić information content (AvgIpc) is 2.89. The van der Waals surface area contributed by atoms with E-state index in [-0.39, 0.29) is 18.8 Å². The van der Waals surface area contributed by atoms with Gasteiger partial charge in [-0.05, 0) is 23.3 Å². The molecule has 0 spiro atoms. The third kappa shape index (κ3) is 6.32. The highest BCUT2D eigenvalue weighted by molar-refractivity contribution is 5.89. The fraction of sp³-hybridized carbons (Fsp3) is 0.259. The van der Waals surface area contributed by atoms with E-state index in [0.29, 0.717) is 0 Å². The van der Waals surface area contributed by atoms with Gasteiger partial charge < -0.3 is 29.2 Å². The van der Waals surface area contributed by atoms with Gasteiger partial charge >= 0.3 is 11.9 Å². The van der Waals surface area contributed by atoms with Crippen molar-refractivity contribution < 1.29 is 38.7 Å². The van der Waals surface area contributed by atoms with Crippen LogP contribution in [0.25, 0.3) is 0 Å². The van der Waals surface area contributed by atoms with Crippen molar-refractivity contribution >= 4 is 11.9 Å². The molecule has 1 heterocycles. The Labute approximate surface area is 202 Å². The van der Waals surface area contributed by atoms with Crippen molar-refractivity contribution in [3.05, 3.63) is 108 Å². The maximum atomic E-state index is 12.8. The lowest BCUT2D eigenvalue weighted by molar-refractivity contribution is -0.296. The Morgan fingerprint density at radius 1 is 0.714 bits per heavy atom. The number of ether oxygens (including phenoxy) is 4. The van der Waals surface area contributed by atoms with Gasteiger partial charge in [0.1, 0.15) is 12.2 Å². The van der Waals surface area contributed by atoms with E-state index in [0.717, 1.165) is 11.1 Å². The van der Waals surface area contributed by atoms with Crippen LogP contribution in [0.4, 0.5) is 0 Å². The molecule has 1 fully saturated rings. The highest BCUT2D eigenvalue weighted by Crippen LogP contribution is 2.29. The van der Waals surface area contributed by atoms with E-state index in [2.05, 4.69) is 0 Å². The van der Waals surface area contributed by atoms with Crippen LogP contribution in [-0.4, -0.2) is 52.9 Å². The number of hydrogen-bond donors (Lipinski definition) is 2. The first kappa shape index (κ1) is 24.6. The van der Waals surface area contributed by atoms with Crippen molar-refractivity contribution in [2.24, 2.45) is 0 Å². The SMILES string of the molecule is O=C(O[C@@H]1[C@@H](OCc2ccccc2)[C@H](OCc2ccccc2)[C@@H](C(=O)O)O[C@H]1O)c1ccccc1. The van der Waals surface area contributed by atoms with Crippen LogP contribution in [0.3, 0.4) is 0 Å². The van der Waals surface area contributed by atoms with E-state index < -0.39 is 42.6 Å². The number of carbonyl (C=O) groups is 2. The van der Waals surface area contributed by atoms with Crippen molar-refractivity contribution in [2.45, 2.75) is 43.9 Å². The predicted molar refractivity (Wildman–Crippen MR) is 124 cm³/mol. The van der Waals surface area contributed by atoms with Crippen LogP contribution >= 0.6 is 0 Å². The van der Waals surface area contributed by atoms with Crippen LogP contribution in [-0.2, 0) is 37.0 Å². The Morgan fingerprint density at radius 2 is 1.20 bits per heavy atom. The summed E-state index contributed by atoms with van der Waals surface area (Å²) in [4.78, 5) is 24.8. The molecule has 0 bridgehead atoms. The van der Waals surface area contributed by atoms with Gasteiger partial charge in [-0.25, -0.2) is 9.59 Å². The summed E-state index contributed by atoms with van der Waals surface area (Å²) in [6.07, 6.45) is -6.91. The number of esters is 1. The monoisotopic (exact) mass is 478 g/mol. The minimum atomic E-state index is -1.74. The van der Waals surface area contributed by atoms with Crippen LogP contribution in [0.1, 0.15) is 21.5 Å². The summed E-state index contributed by atoms with van der Waals surface area (Å²) in [6, 6.07) is 26.7. The number of rotatable bonds is 9. The van der Waals surface area contributed by atoms with Crippen molar-refractivity contribution in [3.8, 4) is 0 Å². The molecule has 1 saturated heterocycles. The number of carboxylic acids is 1. The van der Waals surface area contributed by atoms with Gasteiger partial charge in [-0.1, -0.05) is 78.9 Å². The molecular formula is C27H26O8. The average molecular weight is 478 g/mol. The second-order valence-electron chi connectivity index (χ2n) is 8.04. The first-order valence-corrected chi connectivity index (χ1v) is 11.2. The zero-order valence-corrected chi connectivity index (χ0v) is 18.8. The van der Waals surface area contributed by atoms with E-state index >= 15 is 0 Å². The van der Waals surface area contributed by atoms with Gasteiger partial charge in [-0.3, -0.25) is 0 Å². The maximum absolute atomic E-state index is 12.8. The zero-order chi connectivity index (χ0) is 24.6. The largest absolute Gasteiger partial charge is 0.479 e. The summed E-state index contributed by atoms with van der Waals surface area (Å²) < 4.78 is 23.0. The minimum absolute atomic E-state index is 0.0687. The van der Waals surface area contributed by atoms with Crippen molar-refractivity contribution in [3.63, 3.8) is 0 Å². The molecule has 5 atom stereocenters. The van der Waals surface area contributed by atoms with Crippen LogP contribution in [0.2, 0.25) is 0 Å². The molecule has 2 N–H and O–H groups in total. The summed E-state index contributed by atoms with van der Waals surface area (Å²) in [5.74, 6) is -2.04. The maximum Gasteiger partial charge on any atom is 0.338 e. The normalized spacial score (nSPS) is 24.0. The van der Waals surface area contributed by atoms with Gasteiger partial charge in [-0.15, -0.1) is 0 Å². The van der Waals surface area contributed by atoms with Crippen molar-refractivity contribution in [2.75, 3.05) is 0 Å². The molecule has 35 heavy (non-hydrogen) atoms. The molecular weight excluding hydrogens is 452 g/mol. The van der Waals surface area contributed by atoms with Crippen LogP contribution < -0.4 is 0 Å². The van der Waals surface area contributed by atoms with Gasteiger partial charge in [0.2, 0.25) is 0 Å². The van der Waals surface area contributed by atoms with E-state index in [4.69, 9.17) is 18.9 Å². The molecule has 0 radical (unpaired) electrons. The number of aliphatic carboxylic acids is 1. The van der Waals surface area contributed by atoms with Crippen LogP contribution in [0.5, 0.6) is 0 Å². The Morgan fingerprint density at radius 3 is 1.71 bits per heavy atom. The lowest BCUT2D eigenvalue weighted by Crippen LogP contribution is -2.62. The Kier molecular flexibility index (Phi) is 8.23. The van der Waals surface area contributed by atoms with Gasteiger partial charge in [-0.2, -0.15) is 0 Å². The Balaban J connectivity index is 1.61. The number of carbonyl (C=O) groups excluding carboxylic acids is 1. The Bertz CT molecular complexity index is 1090. The Hall–Kier alpha value is -3.56. The van der Waals surface area contributed by atoms with E-state index in [9.17, 15) is 19.8 Å². The third-order valence-electron chi connectivity index (χ3n) is 5.58. The minimum Gasteiger partial charge on any atom is -0.479 e. The van der Waals surface area contributed by atoms with Gasteiger partial charge in [0.05, 0.1) is 18.8 Å². The molecule has 1 aliphatic rings. The number of aliphatic hydroxyl groups excluding tert-OH is 1. The quantitative estimate of drug-likeness (QED) is 0.451. The lowest BCUT2D eigenvalue weighted by atomic mass is 9.97. The summed E-state index contributed by atoms with van der Waals surface area (Å²) in [5, 5.41) is 20.4. The highest BCUT2D eigenvalue weighted by atomic mass is 16.7. The van der Waals surface area contributed by atoms with Crippen molar-refractivity contribution in [1.29, 1.82) is 0 Å². The van der Waals surface area contributed by atoms with Crippen molar-refractivity contribution in [1.82, 2.24) is 0 Å². The first-order valence-electron chi connectivity index (χ1n) is 11.2. The highest BCUT2D eigenvalue weighted by Gasteiger charge is 2.52. The molecule has 0 amide bonds. The summed E-state index contributed by atoms with van der Waals surface area (Å²) in [5.41, 5.74) is 1.89. The number of benzene rings is 3. The van der Waals surface area contributed by atoms with E-state index in [1.807, 2.05) is 60.7 Å². The van der Waals surface area contributed by atoms with E-state index in [1.165, 1.54) is 0 Å². The topological polar surface area (TPSA) is 112 Å².